The molecule has 3 aliphatic rings. The number of ether oxygens (including phenoxy) is 2. The van der Waals surface area contributed by atoms with E-state index in [2.05, 4.69) is 62.9 Å². The average molecular weight is 1830 g/mol. The van der Waals surface area contributed by atoms with Crippen molar-refractivity contribution in [2.45, 2.75) is 141 Å². The normalized spacial score (nSPS) is 15.7. The number of hydrogen-bond donors (Lipinski definition) is 18. The molecule has 0 spiro atoms. The summed E-state index contributed by atoms with van der Waals surface area (Å²) in [5.41, 5.74) is 2.43. The highest BCUT2D eigenvalue weighted by Crippen LogP contribution is 2.41. The molecule has 45 nitrogen and oxygen atoms in total. The molecule has 9 rings (SSSR count). The number of benzene rings is 4. The molecular formula is C86H118N20O25. The minimum Gasteiger partial charge on any atom is -0.508 e. The number of carboxylic acids is 3. The maximum absolute atomic E-state index is 14.2. The lowest BCUT2D eigenvalue weighted by Gasteiger charge is -2.33. The number of piperidine rings is 2. The zero-order valence-electron chi connectivity index (χ0n) is 73.9. The molecule has 131 heavy (non-hydrogen) atoms. The molecule has 18 N–H and O–H groups in total. The maximum Gasteiger partial charge on any atom is 0.317 e. The maximum atomic E-state index is 14.2. The summed E-state index contributed by atoms with van der Waals surface area (Å²) in [6.45, 7) is 7.59. The van der Waals surface area contributed by atoms with E-state index < -0.39 is 142 Å². The molecule has 5 heterocycles. The molecule has 4 atom stereocenters. The largest absolute Gasteiger partial charge is 0.508 e. The highest BCUT2D eigenvalue weighted by molar-refractivity contribution is 5.96. The van der Waals surface area contributed by atoms with Crippen LogP contribution >= 0.6 is 0 Å². The van der Waals surface area contributed by atoms with Crippen molar-refractivity contribution in [3.63, 3.8) is 0 Å². The van der Waals surface area contributed by atoms with E-state index in [-0.39, 0.29) is 211 Å². The van der Waals surface area contributed by atoms with Gasteiger partial charge in [0.2, 0.25) is 58.9 Å². The van der Waals surface area contributed by atoms with Crippen LogP contribution in [0.2, 0.25) is 0 Å². The molecule has 45 heteroatoms. The number of carbonyl (C=O) groups excluding carboxylic acids is 10. The molecular weight excluding hydrogens is 1710 g/mol. The second-order valence-electron chi connectivity index (χ2n) is 32.5. The summed E-state index contributed by atoms with van der Waals surface area (Å²) in [7, 11) is 0. The van der Waals surface area contributed by atoms with Gasteiger partial charge in [-0.25, -0.2) is 0 Å². The summed E-state index contributed by atoms with van der Waals surface area (Å²) in [4.78, 5) is 181. The van der Waals surface area contributed by atoms with Crippen molar-refractivity contribution >= 4 is 77.0 Å². The van der Waals surface area contributed by atoms with Gasteiger partial charge in [-0.15, -0.1) is 20.4 Å². The van der Waals surface area contributed by atoms with E-state index in [0.717, 1.165) is 0 Å². The molecule has 0 radical (unpaired) electrons. The number of phenolic OH excluding ortho intramolecular Hbond substituents is 4. The van der Waals surface area contributed by atoms with Gasteiger partial charge < -0.3 is 113 Å². The Labute approximate surface area is 754 Å². The summed E-state index contributed by atoms with van der Waals surface area (Å²) < 4.78 is 15.7. The topological polar surface area (TPSA) is 620 Å². The fraction of sp³-hybridized carbons (Fsp3) is 0.523. The number of aliphatic hydroxyl groups is 3. The molecule has 4 aromatic carbocycles. The fourth-order valence-corrected chi connectivity index (χ4v) is 15.1. The van der Waals surface area contributed by atoms with Crippen molar-refractivity contribution < 1.29 is 123 Å². The quantitative estimate of drug-likeness (QED) is 0.0205. The van der Waals surface area contributed by atoms with Gasteiger partial charge in [-0.05, 0) is 104 Å². The fourth-order valence-electron chi connectivity index (χ4n) is 15.1. The van der Waals surface area contributed by atoms with Gasteiger partial charge in [-0.2, -0.15) is 0 Å². The Balaban J connectivity index is 0.793. The lowest BCUT2D eigenvalue weighted by molar-refractivity contribution is -0.140. The van der Waals surface area contributed by atoms with Gasteiger partial charge in [-0.1, -0.05) is 27.7 Å². The standard InChI is InChI=1S/C86H118N20O25/c1-7-87-85(128)79-97-95-77(60-39-58(50(3)4)66(110)41-68(60)112)105(79)52-9-13-54(14-10-52)130-56-21-27-103(28-22-56)72(116)18-17-62(81(124)90-26-20-73(117)104-29-23-57(24-30-104)131-55-15-11-53(12-16-55)106-78(96-98-80(106)86(129)88-8-2)61-40-59(51(5)6)67(111)42-69(61)113)91-70(114)19-25-89-82(125)63(47-107)93-84(127)65(49-109)94-83(126)64(48-108)92-71(115)43-99-31-33-100(44-74(118)119)35-37-102(46-76(122)123)38-36-101(34-32-99)45-75(120)121/h9-16,39-42,50-51,56-57,62-65,107-113H,7-8,17-38,43-49H2,1-6H3,(H,87,128)(H,88,129)(H,89,125)(H,90,124)(H,91,114)(H,92,115)(H,93,127)(H,94,126)(H,118,119)(H,120,121)(H,122,123)/t62-,63-,64-,65-/m1/s1. The van der Waals surface area contributed by atoms with Crippen molar-refractivity contribution in [2.24, 2.45) is 0 Å². The first-order valence-electron chi connectivity index (χ1n) is 43.4. The summed E-state index contributed by atoms with van der Waals surface area (Å²) in [5, 5.41) is 140. The number of carboxylic acid groups (broad SMARTS) is 3. The van der Waals surface area contributed by atoms with E-state index in [4.69, 9.17) is 9.47 Å². The van der Waals surface area contributed by atoms with Crippen molar-refractivity contribution in [2.75, 3.05) is 151 Å². The third kappa shape index (κ3) is 29.1. The van der Waals surface area contributed by atoms with Crippen LogP contribution in [0.15, 0.2) is 72.8 Å². The lowest BCUT2D eigenvalue weighted by Crippen LogP contribution is -2.59. The summed E-state index contributed by atoms with van der Waals surface area (Å²) in [5.74, 6) is -11.1. The molecule has 0 saturated carbocycles. The molecule has 0 aliphatic carbocycles. The zero-order chi connectivity index (χ0) is 95.3. The van der Waals surface area contributed by atoms with Crippen molar-refractivity contribution in [1.29, 1.82) is 0 Å². The number of aromatic hydroxyl groups is 4. The van der Waals surface area contributed by atoms with Gasteiger partial charge in [0.05, 0.1) is 57.1 Å². The van der Waals surface area contributed by atoms with Crippen molar-refractivity contribution in [3.8, 4) is 68.6 Å². The molecule has 0 unspecified atom stereocenters. The van der Waals surface area contributed by atoms with Crippen LogP contribution in [0.3, 0.4) is 0 Å². The van der Waals surface area contributed by atoms with Crippen LogP contribution in [-0.4, -0.2) is 374 Å². The summed E-state index contributed by atoms with van der Waals surface area (Å²) >= 11 is 0. The molecule has 3 aliphatic heterocycles. The third-order valence-corrected chi connectivity index (χ3v) is 22.2. The highest BCUT2D eigenvalue weighted by atomic mass is 16.5. The van der Waals surface area contributed by atoms with Gasteiger partial charge in [0.25, 0.3) is 11.8 Å². The number of nitrogens with zero attached hydrogens (tertiary/aromatic N) is 12. The van der Waals surface area contributed by atoms with Crippen LogP contribution in [0.4, 0.5) is 0 Å². The van der Waals surface area contributed by atoms with Gasteiger partial charge >= 0.3 is 17.9 Å². The molecule has 6 aromatic rings. The predicted molar refractivity (Wildman–Crippen MR) is 467 cm³/mol. The molecule has 3 saturated heterocycles. The Kier molecular flexibility index (Phi) is 38.0. The first kappa shape index (κ1) is 102. The van der Waals surface area contributed by atoms with Crippen molar-refractivity contribution in [3.05, 3.63) is 95.6 Å². The average Bonchev–Trinajstić information content (AvgIpc) is 1.64. The first-order chi connectivity index (χ1) is 62.6. The van der Waals surface area contributed by atoms with Crippen LogP contribution in [0, 0.1) is 0 Å². The number of aliphatic hydroxyl groups excluding tert-OH is 3. The van der Waals surface area contributed by atoms with Crippen LogP contribution in [0.5, 0.6) is 34.5 Å². The Morgan fingerprint density at radius 1 is 0.397 bits per heavy atom. The second-order valence-corrected chi connectivity index (χ2v) is 32.5. The highest BCUT2D eigenvalue weighted by Gasteiger charge is 2.35. The van der Waals surface area contributed by atoms with E-state index in [1.54, 1.807) is 94.1 Å². The number of hydrogen-bond acceptors (Lipinski definition) is 30. The Bertz CT molecular complexity index is 4940. The minimum atomic E-state index is -1.86. The lowest BCUT2D eigenvalue weighted by atomic mass is 9.98. The van der Waals surface area contributed by atoms with E-state index in [0.29, 0.717) is 66.2 Å². The number of aliphatic carboxylic acids is 3. The van der Waals surface area contributed by atoms with E-state index >= 15 is 0 Å². The second kappa shape index (κ2) is 49.0. The van der Waals surface area contributed by atoms with Gasteiger partial charge in [0, 0.05) is 173 Å². The van der Waals surface area contributed by atoms with Crippen LogP contribution in [-0.2, 0) is 52.7 Å². The number of amides is 10. The molecule has 0 bridgehead atoms. The Morgan fingerprint density at radius 3 is 1.11 bits per heavy atom. The summed E-state index contributed by atoms with van der Waals surface area (Å²) in [6.07, 6.45) is -0.250. The number of rotatable bonds is 42. The minimum absolute atomic E-state index is 0.0277. The SMILES string of the molecule is CCNC(=O)c1nnc(-c2cc(C(C)C)c(O)cc2O)n1-c1ccc(OC2CCN(C(=O)CCNC(=O)[C@@H](CCC(=O)N3CCC(Oc4ccc(-n5c(C(=O)NCC)nnc5-c5cc(C(C)C)c(O)cc5O)cc4)CC3)NC(=O)CCNC(=O)[C@@H](CO)NC(=O)[C@@H](CO)NC(=O)[C@@H](CO)NC(=O)CN3CCN(CC(=O)O)CCN(CC(=O)O)CCN(CC(=O)O)CC3)CC2)cc1. The van der Waals surface area contributed by atoms with Crippen molar-refractivity contribution in [1.82, 2.24) is 101 Å². The number of nitrogens with one attached hydrogen (secondary N) is 8. The smallest absolute Gasteiger partial charge is 0.317 e. The zero-order valence-corrected chi connectivity index (χ0v) is 73.9. The number of carbonyl (C=O) groups is 13. The first-order valence-corrected chi connectivity index (χ1v) is 43.4. The number of aromatic nitrogens is 6. The molecule has 10 amide bonds. The van der Waals surface area contributed by atoms with E-state index in [1.807, 2.05) is 27.7 Å². The monoisotopic (exact) mass is 1830 g/mol. The molecule has 2 aromatic heterocycles. The summed E-state index contributed by atoms with van der Waals surface area (Å²) in [6, 6.07) is 12.4. The van der Waals surface area contributed by atoms with E-state index in [1.165, 1.54) is 31.1 Å². The Morgan fingerprint density at radius 2 is 0.740 bits per heavy atom. The Hall–Kier alpha value is -13.2. The van der Waals surface area contributed by atoms with Gasteiger partial charge in [0.15, 0.2) is 11.6 Å². The van der Waals surface area contributed by atoms with E-state index in [9.17, 15) is 113 Å². The molecule has 3 fully saturated rings. The predicted octanol–water partition coefficient (Wildman–Crippen LogP) is -1.63. The van der Waals surface area contributed by atoms with Crippen LogP contribution in [0.25, 0.3) is 34.2 Å². The van der Waals surface area contributed by atoms with Gasteiger partial charge in [-0.3, -0.25) is 91.1 Å². The van der Waals surface area contributed by atoms with Crippen LogP contribution < -0.4 is 52.0 Å². The number of likely N-dealkylation sites (tertiary alicyclic amines) is 2. The molecule has 712 valence electrons. The third-order valence-electron chi connectivity index (χ3n) is 22.2. The van der Waals surface area contributed by atoms with Gasteiger partial charge in [0.1, 0.15) is 70.9 Å². The number of phenols is 4. The van der Waals surface area contributed by atoms with Crippen LogP contribution in [0.1, 0.15) is 137 Å².